The lowest BCUT2D eigenvalue weighted by molar-refractivity contribution is -0.387. The van der Waals surface area contributed by atoms with Crippen molar-refractivity contribution in [2.75, 3.05) is 0 Å². The third-order valence-electron chi connectivity index (χ3n) is 3.98. The Balaban J connectivity index is 1.99. The number of hydrogen-bond donors (Lipinski definition) is 1. The van der Waals surface area contributed by atoms with E-state index in [4.69, 9.17) is 0 Å². The molecule has 1 aromatic rings. The first kappa shape index (κ1) is 13.9. The van der Waals surface area contributed by atoms with Crippen LogP contribution in [0.2, 0.25) is 0 Å². The minimum atomic E-state index is -0.723. The first-order valence-electron chi connectivity index (χ1n) is 6.74. The Morgan fingerprint density at radius 2 is 2.16 bits per heavy atom. The lowest BCUT2D eigenvalue weighted by atomic mass is 9.99. The van der Waals surface area contributed by atoms with Crippen LogP contribution in [0.5, 0.6) is 0 Å². The van der Waals surface area contributed by atoms with Gasteiger partial charge >= 0.3 is 5.69 Å². The number of nitro groups is 1. The Hall–Kier alpha value is -1.49. The van der Waals surface area contributed by atoms with Crippen LogP contribution >= 0.6 is 0 Å². The van der Waals surface area contributed by atoms with Gasteiger partial charge < -0.3 is 5.32 Å². The van der Waals surface area contributed by atoms with E-state index in [1.54, 1.807) is 6.07 Å². The van der Waals surface area contributed by atoms with E-state index in [1.807, 2.05) is 0 Å². The lowest BCUT2D eigenvalue weighted by Crippen LogP contribution is -2.32. The smallest absolute Gasteiger partial charge is 0.305 e. The number of rotatable bonds is 5. The standard InChI is InChI=1S/C14H19FN2O2/c1-10(11-5-2-3-6-11)16-9-12-7-4-8-13(14(12)15)17(18)19/h4,7-8,10-11,16H,2-3,5-6,9H2,1H3/t10-/m1/s1. The van der Waals surface area contributed by atoms with Gasteiger partial charge in [-0.05, 0) is 25.7 Å². The Morgan fingerprint density at radius 1 is 1.47 bits per heavy atom. The molecule has 19 heavy (non-hydrogen) atoms. The Bertz CT molecular complexity index is 459. The molecule has 1 aliphatic rings. The molecule has 1 N–H and O–H groups in total. The van der Waals surface area contributed by atoms with Gasteiger partial charge in [0, 0.05) is 24.2 Å². The average molecular weight is 266 g/mol. The van der Waals surface area contributed by atoms with Crippen molar-refractivity contribution < 1.29 is 9.31 Å². The fraction of sp³-hybridized carbons (Fsp3) is 0.571. The summed E-state index contributed by atoms with van der Waals surface area (Å²) >= 11 is 0. The molecule has 1 saturated carbocycles. The normalized spacial score (nSPS) is 17.6. The number of hydrogen-bond acceptors (Lipinski definition) is 3. The van der Waals surface area contributed by atoms with Crippen molar-refractivity contribution >= 4 is 5.69 Å². The number of nitrogens with one attached hydrogen (secondary N) is 1. The summed E-state index contributed by atoms with van der Waals surface area (Å²) in [4.78, 5) is 9.99. The molecular weight excluding hydrogens is 247 g/mol. The summed E-state index contributed by atoms with van der Waals surface area (Å²) in [7, 11) is 0. The summed E-state index contributed by atoms with van der Waals surface area (Å²) < 4.78 is 13.9. The monoisotopic (exact) mass is 266 g/mol. The highest BCUT2D eigenvalue weighted by Gasteiger charge is 2.22. The second kappa shape index (κ2) is 6.10. The van der Waals surface area contributed by atoms with Crippen LogP contribution in [0, 0.1) is 21.8 Å². The third-order valence-corrected chi connectivity index (χ3v) is 3.98. The Morgan fingerprint density at radius 3 is 2.79 bits per heavy atom. The summed E-state index contributed by atoms with van der Waals surface area (Å²) in [6, 6.07) is 4.63. The quantitative estimate of drug-likeness (QED) is 0.656. The third kappa shape index (κ3) is 3.29. The molecule has 0 heterocycles. The van der Waals surface area contributed by atoms with E-state index in [2.05, 4.69) is 12.2 Å². The second-order valence-electron chi connectivity index (χ2n) is 5.22. The van der Waals surface area contributed by atoms with Crippen molar-refractivity contribution in [1.29, 1.82) is 0 Å². The van der Waals surface area contributed by atoms with Gasteiger partial charge in [0.15, 0.2) is 0 Å². The molecule has 0 saturated heterocycles. The molecule has 1 fully saturated rings. The maximum absolute atomic E-state index is 13.9. The molecule has 0 radical (unpaired) electrons. The molecule has 0 bridgehead atoms. The molecule has 0 spiro atoms. The zero-order valence-electron chi connectivity index (χ0n) is 11.1. The van der Waals surface area contributed by atoms with Crippen molar-refractivity contribution in [1.82, 2.24) is 5.32 Å². The molecule has 0 amide bonds. The molecule has 2 rings (SSSR count). The molecule has 0 aliphatic heterocycles. The van der Waals surface area contributed by atoms with Crippen LogP contribution in [0.1, 0.15) is 38.2 Å². The van der Waals surface area contributed by atoms with E-state index >= 15 is 0 Å². The topological polar surface area (TPSA) is 55.2 Å². The van der Waals surface area contributed by atoms with Crippen molar-refractivity contribution in [2.45, 2.75) is 45.2 Å². The van der Waals surface area contributed by atoms with Gasteiger partial charge in [-0.15, -0.1) is 0 Å². The van der Waals surface area contributed by atoms with Gasteiger partial charge in [0.2, 0.25) is 5.82 Å². The minimum absolute atomic E-state index is 0.321. The summed E-state index contributed by atoms with van der Waals surface area (Å²) in [5, 5.41) is 14.0. The largest absolute Gasteiger partial charge is 0.310 e. The van der Waals surface area contributed by atoms with Crippen LogP contribution in [-0.4, -0.2) is 11.0 Å². The van der Waals surface area contributed by atoms with Crippen LogP contribution in [0.4, 0.5) is 10.1 Å². The zero-order chi connectivity index (χ0) is 13.8. The predicted octanol–water partition coefficient (Wildman–Crippen LogP) is 3.40. The van der Waals surface area contributed by atoms with Gasteiger partial charge in [-0.3, -0.25) is 10.1 Å². The van der Waals surface area contributed by atoms with E-state index in [1.165, 1.54) is 37.8 Å². The van der Waals surface area contributed by atoms with Gasteiger partial charge in [-0.25, -0.2) is 0 Å². The van der Waals surface area contributed by atoms with Crippen LogP contribution in [0.3, 0.4) is 0 Å². The van der Waals surface area contributed by atoms with Gasteiger partial charge in [0.1, 0.15) is 0 Å². The predicted molar refractivity (Wildman–Crippen MR) is 71.3 cm³/mol. The molecular formula is C14H19FN2O2. The van der Waals surface area contributed by atoms with Gasteiger partial charge in [0.05, 0.1) is 4.92 Å². The molecule has 1 aromatic carbocycles. The SMILES string of the molecule is C[C@@H](NCc1cccc([N+](=O)[O-])c1F)C1CCCC1. The van der Waals surface area contributed by atoms with Crippen molar-refractivity contribution in [3.05, 3.63) is 39.7 Å². The maximum atomic E-state index is 13.9. The lowest BCUT2D eigenvalue weighted by Gasteiger charge is -2.20. The number of nitro benzene ring substituents is 1. The van der Waals surface area contributed by atoms with Gasteiger partial charge in [-0.2, -0.15) is 4.39 Å². The van der Waals surface area contributed by atoms with Crippen LogP contribution in [0.15, 0.2) is 18.2 Å². The molecule has 0 aromatic heterocycles. The zero-order valence-corrected chi connectivity index (χ0v) is 11.1. The van der Waals surface area contributed by atoms with Crippen molar-refractivity contribution in [2.24, 2.45) is 5.92 Å². The fourth-order valence-corrected chi connectivity index (χ4v) is 2.74. The number of benzene rings is 1. The first-order valence-corrected chi connectivity index (χ1v) is 6.74. The first-order chi connectivity index (χ1) is 9.09. The summed E-state index contributed by atoms with van der Waals surface area (Å²) in [6.45, 7) is 2.44. The molecule has 1 aliphatic carbocycles. The van der Waals surface area contributed by atoms with E-state index in [9.17, 15) is 14.5 Å². The number of halogens is 1. The highest BCUT2D eigenvalue weighted by molar-refractivity contribution is 5.36. The summed E-state index contributed by atoms with van der Waals surface area (Å²) in [5.41, 5.74) is -0.0909. The van der Waals surface area contributed by atoms with Crippen molar-refractivity contribution in [3.63, 3.8) is 0 Å². The molecule has 0 unspecified atom stereocenters. The van der Waals surface area contributed by atoms with Gasteiger partial charge in [0.25, 0.3) is 0 Å². The Labute approximate surface area is 112 Å². The van der Waals surface area contributed by atoms with Gasteiger partial charge in [-0.1, -0.05) is 25.0 Å². The maximum Gasteiger partial charge on any atom is 0.305 e. The fourth-order valence-electron chi connectivity index (χ4n) is 2.74. The van der Waals surface area contributed by atoms with E-state index in [0.29, 0.717) is 24.1 Å². The summed E-state index contributed by atoms with van der Waals surface area (Å²) in [6.07, 6.45) is 4.96. The molecule has 104 valence electrons. The van der Waals surface area contributed by atoms with E-state index in [-0.39, 0.29) is 0 Å². The molecule has 1 atom stereocenters. The molecule has 4 nitrogen and oxygen atoms in total. The van der Waals surface area contributed by atoms with Crippen LogP contribution < -0.4 is 5.32 Å². The minimum Gasteiger partial charge on any atom is -0.310 e. The van der Waals surface area contributed by atoms with Crippen LogP contribution in [0.25, 0.3) is 0 Å². The van der Waals surface area contributed by atoms with Crippen molar-refractivity contribution in [3.8, 4) is 0 Å². The second-order valence-corrected chi connectivity index (χ2v) is 5.22. The van der Waals surface area contributed by atoms with E-state index in [0.717, 1.165) is 0 Å². The van der Waals surface area contributed by atoms with Crippen LogP contribution in [-0.2, 0) is 6.54 Å². The van der Waals surface area contributed by atoms with E-state index < -0.39 is 16.4 Å². The summed E-state index contributed by atoms with van der Waals surface area (Å²) in [5.74, 6) is -0.0830. The number of nitrogens with zero attached hydrogens (tertiary/aromatic N) is 1. The molecule has 5 heteroatoms. The highest BCUT2D eigenvalue weighted by Crippen LogP contribution is 2.28. The average Bonchev–Trinajstić information content (AvgIpc) is 2.90. The highest BCUT2D eigenvalue weighted by atomic mass is 19.1. The Kier molecular flexibility index (Phi) is 4.47.